The Morgan fingerprint density at radius 3 is 2.71 bits per heavy atom. The van der Waals surface area contributed by atoms with E-state index in [0.29, 0.717) is 5.89 Å². The van der Waals surface area contributed by atoms with Crippen LogP contribution >= 0.6 is 0 Å². The highest BCUT2D eigenvalue weighted by molar-refractivity contribution is 5.73. The normalized spacial score (nSPS) is 10.1. The van der Waals surface area contributed by atoms with Gasteiger partial charge in [-0.15, -0.1) is 0 Å². The van der Waals surface area contributed by atoms with E-state index in [1.54, 1.807) is 4.90 Å². The van der Waals surface area contributed by atoms with Crippen molar-refractivity contribution in [3.8, 4) is 0 Å². The van der Waals surface area contributed by atoms with Gasteiger partial charge in [-0.3, -0.25) is 4.79 Å². The molecule has 1 heterocycles. The summed E-state index contributed by atoms with van der Waals surface area (Å²) >= 11 is 0. The fourth-order valence-corrected chi connectivity index (χ4v) is 1.47. The number of aromatic nitrogens is 2. The van der Waals surface area contributed by atoms with Crippen LogP contribution in [0.1, 0.15) is 5.89 Å². The third-order valence-electron chi connectivity index (χ3n) is 2.18. The molecule has 0 amide bonds. The second-order valence-corrected chi connectivity index (χ2v) is 3.42. The molecule has 1 aromatic heterocycles. The van der Waals surface area contributed by atoms with Crippen molar-refractivity contribution in [2.45, 2.75) is 6.54 Å². The molecule has 0 radical (unpaired) electrons. The summed E-state index contributed by atoms with van der Waals surface area (Å²) in [6.07, 6.45) is 1.29. The summed E-state index contributed by atoms with van der Waals surface area (Å²) in [5.74, 6) is -0.525. The quantitative estimate of drug-likeness (QED) is 0.834. The van der Waals surface area contributed by atoms with E-state index in [9.17, 15) is 4.79 Å². The largest absolute Gasteiger partial charge is 0.480 e. The Balaban J connectivity index is 2.16. The zero-order valence-corrected chi connectivity index (χ0v) is 8.98. The number of rotatable bonds is 5. The molecule has 0 saturated heterocycles. The van der Waals surface area contributed by atoms with E-state index < -0.39 is 5.97 Å². The molecule has 88 valence electrons. The molecule has 17 heavy (non-hydrogen) atoms. The average molecular weight is 233 g/mol. The van der Waals surface area contributed by atoms with Gasteiger partial charge in [-0.25, -0.2) is 0 Å². The standard InChI is InChI=1S/C11H11N3O3/c15-11(16)7-14(6-10-12-8-13-17-10)9-4-2-1-3-5-9/h1-5,8H,6-7H2,(H,15,16). The summed E-state index contributed by atoms with van der Waals surface area (Å²) in [6, 6.07) is 9.23. The number of carboxylic acids is 1. The summed E-state index contributed by atoms with van der Waals surface area (Å²) in [7, 11) is 0. The lowest BCUT2D eigenvalue weighted by molar-refractivity contribution is -0.135. The van der Waals surface area contributed by atoms with E-state index in [1.807, 2.05) is 30.3 Å². The predicted octanol–water partition coefficient (Wildman–Crippen LogP) is 1.16. The topological polar surface area (TPSA) is 79.5 Å². The number of para-hydroxylation sites is 1. The smallest absolute Gasteiger partial charge is 0.323 e. The number of nitrogens with zero attached hydrogens (tertiary/aromatic N) is 3. The summed E-state index contributed by atoms with van der Waals surface area (Å²) in [5.41, 5.74) is 0.799. The maximum absolute atomic E-state index is 10.8. The Bertz CT molecular complexity index is 470. The summed E-state index contributed by atoms with van der Waals surface area (Å²) in [6.45, 7) is 0.155. The van der Waals surface area contributed by atoms with Gasteiger partial charge in [0.25, 0.3) is 0 Å². The molecule has 0 spiro atoms. The molecule has 6 heteroatoms. The zero-order valence-electron chi connectivity index (χ0n) is 8.98. The first-order valence-corrected chi connectivity index (χ1v) is 5.03. The van der Waals surface area contributed by atoms with Gasteiger partial charge in [-0.1, -0.05) is 23.4 Å². The Morgan fingerprint density at radius 2 is 2.12 bits per heavy atom. The number of hydrogen-bond donors (Lipinski definition) is 1. The van der Waals surface area contributed by atoms with Gasteiger partial charge in [-0.2, -0.15) is 4.98 Å². The van der Waals surface area contributed by atoms with Crippen LogP contribution in [0.2, 0.25) is 0 Å². The van der Waals surface area contributed by atoms with E-state index in [0.717, 1.165) is 5.69 Å². The maximum atomic E-state index is 10.8. The van der Waals surface area contributed by atoms with Crippen LogP contribution in [0, 0.1) is 0 Å². The van der Waals surface area contributed by atoms with Gasteiger partial charge in [0.1, 0.15) is 6.54 Å². The third kappa shape index (κ3) is 3.04. The van der Waals surface area contributed by atoms with Gasteiger partial charge in [0, 0.05) is 5.69 Å². The molecule has 1 N–H and O–H groups in total. The number of carbonyl (C=O) groups is 1. The second kappa shape index (κ2) is 5.11. The highest BCUT2D eigenvalue weighted by Gasteiger charge is 2.13. The molecule has 0 unspecified atom stereocenters. The van der Waals surface area contributed by atoms with Crippen molar-refractivity contribution >= 4 is 11.7 Å². The molecule has 2 aromatic rings. The van der Waals surface area contributed by atoms with Crippen molar-refractivity contribution < 1.29 is 14.4 Å². The molecule has 2 rings (SSSR count). The van der Waals surface area contributed by atoms with Crippen molar-refractivity contribution in [2.24, 2.45) is 0 Å². The first-order valence-electron chi connectivity index (χ1n) is 5.03. The van der Waals surface area contributed by atoms with Gasteiger partial charge < -0.3 is 14.5 Å². The lowest BCUT2D eigenvalue weighted by atomic mass is 10.3. The summed E-state index contributed by atoms with van der Waals surface area (Å²) in [4.78, 5) is 16.3. The highest BCUT2D eigenvalue weighted by Crippen LogP contribution is 2.15. The van der Waals surface area contributed by atoms with Crippen LogP contribution in [0.15, 0.2) is 41.2 Å². The Morgan fingerprint density at radius 1 is 1.35 bits per heavy atom. The van der Waals surface area contributed by atoms with Crippen molar-refractivity contribution in [1.29, 1.82) is 0 Å². The van der Waals surface area contributed by atoms with Crippen molar-refractivity contribution in [3.05, 3.63) is 42.5 Å². The minimum Gasteiger partial charge on any atom is -0.480 e. The molecular weight excluding hydrogens is 222 g/mol. The molecule has 0 saturated carbocycles. The van der Waals surface area contributed by atoms with Gasteiger partial charge in [0.2, 0.25) is 5.89 Å². The second-order valence-electron chi connectivity index (χ2n) is 3.42. The van der Waals surface area contributed by atoms with Gasteiger partial charge >= 0.3 is 5.97 Å². The van der Waals surface area contributed by atoms with Crippen LogP contribution in [-0.4, -0.2) is 27.8 Å². The number of hydrogen-bond acceptors (Lipinski definition) is 5. The molecule has 0 aliphatic carbocycles. The fraction of sp³-hybridized carbons (Fsp3) is 0.182. The number of anilines is 1. The number of carboxylic acid groups (broad SMARTS) is 1. The third-order valence-corrected chi connectivity index (χ3v) is 2.18. The lowest BCUT2D eigenvalue weighted by Crippen LogP contribution is -2.29. The molecule has 0 bridgehead atoms. The minimum absolute atomic E-state index is 0.119. The summed E-state index contributed by atoms with van der Waals surface area (Å²) in [5, 5.41) is 12.4. The fourth-order valence-electron chi connectivity index (χ4n) is 1.47. The van der Waals surface area contributed by atoms with Crippen LogP contribution in [0.3, 0.4) is 0 Å². The first kappa shape index (κ1) is 11.1. The molecular formula is C11H11N3O3. The molecule has 0 aliphatic rings. The Labute approximate surface area is 97.5 Å². The van der Waals surface area contributed by atoms with Crippen molar-refractivity contribution in [1.82, 2.24) is 10.1 Å². The van der Waals surface area contributed by atoms with Crippen LogP contribution in [0.5, 0.6) is 0 Å². The van der Waals surface area contributed by atoms with Crippen LogP contribution in [-0.2, 0) is 11.3 Å². The lowest BCUT2D eigenvalue weighted by Gasteiger charge is -2.20. The predicted molar refractivity (Wildman–Crippen MR) is 59.4 cm³/mol. The minimum atomic E-state index is -0.909. The zero-order chi connectivity index (χ0) is 12.1. The Kier molecular flexibility index (Phi) is 3.34. The molecule has 6 nitrogen and oxygen atoms in total. The van der Waals surface area contributed by atoms with Crippen molar-refractivity contribution in [3.63, 3.8) is 0 Å². The molecule has 0 fully saturated rings. The van der Waals surface area contributed by atoms with Gasteiger partial charge in [0.15, 0.2) is 6.33 Å². The highest BCUT2D eigenvalue weighted by atomic mass is 16.5. The first-order chi connectivity index (χ1) is 8.25. The van der Waals surface area contributed by atoms with E-state index >= 15 is 0 Å². The van der Waals surface area contributed by atoms with E-state index in [1.165, 1.54) is 6.33 Å². The SMILES string of the molecule is O=C(O)CN(Cc1ncno1)c1ccccc1. The van der Waals surface area contributed by atoms with Gasteiger partial charge in [0.05, 0.1) is 6.54 Å². The monoisotopic (exact) mass is 233 g/mol. The van der Waals surface area contributed by atoms with Crippen LogP contribution in [0.4, 0.5) is 5.69 Å². The molecule has 0 atom stereocenters. The van der Waals surface area contributed by atoms with E-state index in [4.69, 9.17) is 9.63 Å². The van der Waals surface area contributed by atoms with E-state index in [2.05, 4.69) is 10.1 Å². The van der Waals surface area contributed by atoms with E-state index in [-0.39, 0.29) is 13.1 Å². The molecule has 1 aromatic carbocycles. The van der Waals surface area contributed by atoms with Gasteiger partial charge in [-0.05, 0) is 12.1 Å². The molecule has 0 aliphatic heterocycles. The van der Waals surface area contributed by atoms with Crippen LogP contribution in [0.25, 0.3) is 0 Å². The number of benzene rings is 1. The van der Waals surface area contributed by atoms with Crippen molar-refractivity contribution in [2.75, 3.05) is 11.4 Å². The van der Waals surface area contributed by atoms with Crippen LogP contribution < -0.4 is 4.90 Å². The summed E-state index contributed by atoms with van der Waals surface area (Å²) < 4.78 is 4.87. The Hall–Kier alpha value is -2.37. The average Bonchev–Trinajstić information content (AvgIpc) is 2.82. The number of aliphatic carboxylic acids is 1. The maximum Gasteiger partial charge on any atom is 0.323 e.